The van der Waals surface area contributed by atoms with Crippen LogP contribution >= 0.6 is 12.4 Å². The monoisotopic (exact) mass is 327 g/mol. The van der Waals surface area contributed by atoms with Gasteiger partial charge in [-0.1, -0.05) is 5.16 Å². The molecular weight excluding hydrogens is 302 g/mol. The van der Waals surface area contributed by atoms with Gasteiger partial charge in [0.25, 0.3) is 0 Å². The fourth-order valence-electron chi connectivity index (χ4n) is 3.70. The van der Waals surface area contributed by atoms with Crippen molar-refractivity contribution >= 4 is 18.3 Å². The number of nitrogens with one attached hydrogen (secondary N) is 1. The second kappa shape index (κ2) is 7.01. The highest BCUT2D eigenvalue weighted by molar-refractivity contribution is 5.85. The molecule has 1 amide bonds. The van der Waals surface area contributed by atoms with E-state index in [2.05, 4.69) is 10.5 Å². The third kappa shape index (κ3) is 3.46. The first-order valence-corrected chi connectivity index (χ1v) is 8.00. The molecule has 0 unspecified atom stereocenters. The molecule has 0 aliphatic carbocycles. The van der Waals surface area contributed by atoms with Gasteiger partial charge in [0.05, 0.1) is 5.69 Å². The van der Waals surface area contributed by atoms with Crippen molar-refractivity contribution in [3.05, 3.63) is 17.0 Å². The number of halogens is 1. The maximum absolute atomic E-state index is 12.4. The van der Waals surface area contributed by atoms with Gasteiger partial charge in [0.2, 0.25) is 5.91 Å². The molecule has 124 valence electrons. The first-order valence-electron chi connectivity index (χ1n) is 8.00. The summed E-state index contributed by atoms with van der Waals surface area (Å²) < 4.78 is 5.15. The van der Waals surface area contributed by atoms with Crippen LogP contribution in [0, 0.1) is 19.3 Å². The Balaban J connectivity index is 0.00000176. The van der Waals surface area contributed by atoms with E-state index in [1.54, 1.807) is 0 Å². The first-order chi connectivity index (χ1) is 10.1. The van der Waals surface area contributed by atoms with Crippen molar-refractivity contribution in [3.8, 4) is 0 Å². The van der Waals surface area contributed by atoms with Gasteiger partial charge in [0.15, 0.2) is 0 Å². The molecule has 1 aromatic heterocycles. The SMILES string of the molecule is Cc1noc(C)c1CCC(=O)N1CCC2(CCNC2)CC1.Cl. The number of hydrogen-bond acceptors (Lipinski definition) is 4. The van der Waals surface area contributed by atoms with Gasteiger partial charge >= 0.3 is 0 Å². The molecule has 0 atom stereocenters. The number of carbonyl (C=O) groups excluding carboxylic acids is 1. The first kappa shape index (κ1) is 17.3. The molecule has 0 saturated carbocycles. The average molecular weight is 328 g/mol. The lowest BCUT2D eigenvalue weighted by Gasteiger charge is -2.39. The van der Waals surface area contributed by atoms with Gasteiger partial charge in [-0.05, 0) is 51.5 Å². The van der Waals surface area contributed by atoms with Crippen LogP contribution in [0.1, 0.15) is 42.7 Å². The second-order valence-electron chi connectivity index (χ2n) is 6.61. The Labute approximate surface area is 138 Å². The van der Waals surface area contributed by atoms with Gasteiger partial charge < -0.3 is 14.7 Å². The van der Waals surface area contributed by atoms with Crippen LogP contribution in [0.15, 0.2) is 4.52 Å². The van der Waals surface area contributed by atoms with E-state index in [-0.39, 0.29) is 18.3 Å². The van der Waals surface area contributed by atoms with Crippen molar-refractivity contribution in [1.29, 1.82) is 0 Å². The van der Waals surface area contributed by atoms with E-state index in [1.807, 2.05) is 18.7 Å². The van der Waals surface area contributed by atoms with E-state index >= 15 is 0 Å². The lowest BCUT2D eigenvalue weighted by Crippen LogP contribution is -2.44. The Hall–Kier alpha value is -1.07. The number of carbonyl (C=O) groups is 1. The Morgan fingerprint density at radius 1 is 1.32 bits per heavy atom. The number of piperidine rings is 1. The molecule has 2 aliphatic heterocycles. The van der Waals surface area contributed by atoms with Crippen molar-refractivity contribution in [2.75, 3.05) is 26.2 Å². The van der Waals surface area contributed by atoms with E-state index in [9.17, 15) is 4.79 Å². The van der Waals surface area contributed by atoms with E-state index in [1.165, 1.54) is 6.42 Å². The second-order valence-corrected chi connectivity index (χ2v) is 6.61. The van der Waals surface area contributed by atoms with E-state index in [0.29, 0.717) is 11.8 Å². The van der Waals surface area contributed by atoms with Gasteiger partial charge in [-0.25, -0.2) is 0 Å². The maximum atomic E-state index is 12.4. The molecule has 0 bridgehead atoms. The van der Waals surface area contributed by atoms with Crippen LogP contribution in [0.5, 0.6) is 0 Å². The minimum atomic E-state index is 0. The van der Waals surface area contributed by atoms with Gasteiger partial charge in [-0.15, -0.1) is 12.4 Å². The normalized spacial score (nSPS) is 20.2. The number of amides is 1. The van der Waals surface area contributed by atoms with Crippen LogP contribution in [-0.2, 0) is 11.2 Å². The number of aromatic nitrogens is 1. The van der Waals surface area contributed by atoms with Crippen LogP contribution in [0.2, 0.25) is 0 Å². The summed E-state index contributed by atoms with van der Waals surface area (Å²) in [6.45, 7) is 7.96. The highest BCUT2D eigenvalue weighted by Gasteiger charge is 2.37. The molecule has 22 heavy (non-hydrogen) atoms. The summed E-state index contributed by atoms with van der Waals surface area (Å²) in [4.78, 5) is 14.4. The summed E-state index contributed by atoms with van der Waals surface area (Å²) in [6, 6.07) is 0. The number of nitrogens with zero attached hydrogens (tertiary/aromatic N) is 2. The van der Waals surface area contributed by atoms with Crippen LogP contribution in [0.25, 0.3) is 0 Å². The topological polar surface area (TPSA) is 58.4 Å². The minimum absolute atomic E-state index is 0. The molecule has 3 heterocycles. The smallest absolute Gasteiger partial charge is 0.222 e. The number of aryl methyl sites for hydroxylation is 2. The summed E-state index contributed by atoms with van der Waals surface area (Å²) in [7, 11) is 0. The van der Waals surface area contributed by atoms with E-state index in [4.69, 9.17) is 4.52 Å². The molecule has 0 radical (unpaired) electrons. The van der Waals surface area contributed by atoms with Gasteiger partial charge in [0.1, 0.15) is 5.76 Å². The highest BCUT2D eigenvalue weighted by atomic mass is 35.5. The minimum Gasteiger partial charge on any atom is -0.361 e. The van der Waals surface area contributed by atoms with Crippen LogP contribution in [0.3, 0.4) is 0 Å². The Morgan fingerprint density at radius 3 is 2.59 bits per heavy atom. The van der Waals surface area contributed by atoms with Crippen molar-refractivity contribution in [2.45, 2.75) is 46.0 Å². The molecule has 1 spiro atoms. The summed E-state index contributed by atoms with van der Waals surface area (Å²) in [5.41, 5.74) is 2.48. The predicted octanol–water partition coefficient (Wildman–Crippen LogP) is 2.25. The predicted molar refractivity (Wildman–Crippen MR) is 87.3 cm³/mol. The van der Waals surface area contributed by atoms with Crippen LogP contribution < -0.4 is 5.32 Å². The summed E-state index contributed by atoms with van der Waals surface area (Å²) in [6.07, 6.45) is 4.87. The van der Waals surface area contributed by atoms with Crippen molar-refractivity contribution < 1.29 is 9.32 Å². The van der Waals surface area contributed by atoms with Gasteiger partial charge in [-0.2, -0.15) is 0 Å². The zero-order chi connectivity index (χ0) is 14.9. The molecule has 2 saturated heterocycles. The molecule has 0 aromatic carbocycles. The Morgan fingerprint density at radius 2 is 2.05 bits per heavy atom. The standard InChI is InChI=1S/C16H25N3O2.ClH/c1-12-14(13(2)21-18-12)3-4-15(20)19-9-6-16(7-10-19)5-8-17-11-16;/h17H,3-11H2,1-2H3;1H. The lowest BCUT2D eigenvalue weighted by molar-refractivity contribution is -0.133. The van der Waals surface area contributed by atoms with Gasteiger partial charge in [0, 0.05) is 31.6 Å². The van der Waals surface area contributed by atoms with E-state index < -0.39 is 0 Å². The molecule has 1 aromatic rings. The summed E-state index contributed by atoms with van der Waals surface area (Å²) in [5, 5.41) is 7.41. The van der Waals surface area contributed by atoms with Crippen molar-refractivity contribution in [2.24, 2.45) is 5.41 Å². The molecule has 6 heteroatoms. The zero-order valence-corrected chi connectivity index (χ0v) is 14.3. The molecular formula is C16H26ClN3O2. The van der Waals surface area contributed by atoms with Crippen LogP contribution in [0.4, 0.5) is 0 Å². The number of hydrogen-bond donors (Lipinski definition) is 1. The van der Waals surface area contributed by atoms with Crippen LogP contribution in [-0.4, -0.2) is 42.1 Å². The fourth-order valence-corrected chi connectivity index (χ4v) is 3.70. The summed E-state index contributed by atoms with van der Waals surface area (Å²) in [5.74, 6) is 1.12. The largest absolute Gasteiger partial charge is 0.361 e. The Kier molecular flexibility index (Phi) is 5.50. The third-order valence-electron chi connectivity index (χ3n) is 5.28. The molecule has 5 nitrogen and oxygen atoms in total. The highest BCUT2D eigenvalue weighted by Crippen LogP contribution is 2.37. The number of rotatable bonds is 3. The van der Waals surface area contributed by atoms with E-state index in [0.717, 1.165) is 62.5 Å². The van der Waals surface area contributed by atoms with Crippen molar-refractivity contribution in [1.82, 2.24) is 15.4 Å². The maximum Gasteiger partial charge on any atom is 0.222 e. The fraction of sp³-hybridized carbons (Fsp3) is 0.750. The van der Waals surface area contributed by atoms with Gasteiger partial charge in [-0.3, -0.25) is 4.79 Å². The lowest BCUT2D eigenvalue weighted by atomic mass is 9.78. The third-order valence-corrected chi connectivity index (χ3v) is 5.28. The zero-order valence-electron chi connectivity index (χ0n) is 13.5. The average Bonchev–Trinajstić information content (AvgIpc) is 3.06. The molecule has 3 rings (SSSR count). The number of likely N-dealkylation sites (tertiary alicyclic amines) is 1. The summed E-state index contributed by atoms with van der Waals surface area (Å²) >= 11 is 0. The van der Waals surface area contributed by atoms with Crippen molar-refractivity contribution in [3.63, 3.8) is 0 Å². The molecule has 2 fully saturated rings. The Bertz CT molecular complexity index is 494. The quantitative estimate of drug-likeness (QED) is 0.925. The molecule has 1 N–H and O–H groups in total. The molecule has 2 aliphatic rings.